The van der Waals surface area contributed by atoms with E-state index in [1.54, 1.807) is 0 Å². The van der Waals surface area contributed by atoms with Crippen LogP contribution in [0, 0.1) is 5.82 Å². The van der Waals surface area contributed by atoms with Crippen molar-refractivity contribution < 1.29 is 9.13 Å². The minimum absolute atomic E-state index is 0.100. The Labute approximate surface area is 75.7 Å². The van der Waals surface area contributed by atoms with Crippen LogP contribution < -0.4 is 10.5 Å². The lowest BCUT2D eigenvalue weighted by molar-refractivity contribution is 0.115. The minimum atomic E-state index is -0.547. The molecule has 1 heterocycles. The van der Waals surface area contributed by atoms with Crippen LogP contribution in [0.1, 0.15) is 19.3 Å². The molecular weight excluding hydrogens is 171 g/mol. The van der Waals surface area contributed by atoms with E-state index in [0.717, 1.165) is 19.3 Å². The maximum Gasteiger partial charge on any atom is 0.206 e. The van der Waals surface area contributed by atoms with Gasteiger partial charge in [-0.2, -0.15) is 4.39 Å². The molecule has 0 aromatic carbocycles. The van der Waals surface area contributed by atoms with Crippen molar-refractivity contribution in [1.82, 2.24) is 4.98 Å². The van der Waals surface area contributed by atoms with Crippen LogP contribution in [-0.4, -0.2) is 11.1 Å². The molecule has 0 atom stereocenters. The normalized spacial score (nSPS) is 16.7. The maximum atomic E-state index is 13.2. The summed E-state index contributed by atoms with van der Waals surface area (Å²) in [5, 5.41) is 0. The zero-order valence-corrected chi connectivity index (χ0v) is 7.16. The number of hydrogen-bond acceptors (Lipinski definition) is 3. The maximum absolute atomic E-state index is 13.2. The van der Waals surface area contributed by atoms with Gasteiger partial charge in [-0.3, -0.25) is 0 Å². The molecule has 1 aromatic rings. The van der Waals surface area contributed by atoms with Crippen LogP contribution in [0.5, 0.6) is 5.75 Å². The Bertz CT molecular complexity index is 312. The van der Waals surface area contributed by atoms with Crippen molar-refractivity contribution in [3.8, 4) is 5.75 Å². The first-order valence-corrected chi connectivity index (χ1v) is 4.34. The van der Waals surface area contributed by atoms with Crippen LogP contribution in [0.4, 0.5) is 10.2 Å². The lowest BCUT2D eigenvalue weighted by Crippen LogP contribution is -2.25. The molecule has 0 spiro atoms. The van der Waals surface area contributed by atoms with Crippen LogP contribution in [0.25, 0.3) is 0 Å². The number of nitrogen functional groups attached to an aromatic ring is 1. The highest BCUT2D eigenvalue weighted by molar-refractivity contribution is 5.38. The molecule has 2 N–H and O–H groups in total. The average Bonchev–Trinajstić information content (AvgIpc) is 2.04. The Morgan fingerprint density at radius 3 is 2.92 bits per heavy atom. The summed E-state index contributed by atoms with van der Waals surface area (Å²) >= 11 is 0. The molecule has 2 rings (SSSR count). The van der Waals surface area contributed by atoms with E-state index in [9.17, 15) is 4.39 Å². The predicted molar refractivity (Wildman–Crippen MR) is 46.9 cm³/mol. The SMILES string of the molecule is Nc1nccc(OC2CCC2)c1F. The third-order valence-electron chi connectivity index (χ3n) is 2.23. The molecule has 0 bridgehead atoms. The molecule has 1 aliphatic rings. The van der Waals surface area contributed by atoms with Gasteiger partial charge >= 0.3 is 0 Å². The van der Waals surface area contributed by atoms with Crippen LogP contribution in [0.2, 0.25) is 0 Å². The summed E-state index contributed by atoms with van der Waals surface area (Å²) in [6.45, 7) is 0. The second-order valence-electron chi connectivity index (χ2n) is 3.18. The smallest absolute Gasteiger partial charge is 0.206 e. The number of rotatable bonds is 2. The van der Waals surface area contributed by atoms with Gasteiger partial charge in [0, 0.05) is 12.3 Å². The first-order chi connectivity index (χ1) is 6.27. The van der Waals surface area contributed by atoms with Gasteiger partial charge in [-0.25, -0.2) is 4.98 Å². The van der Waals surface area contributed by atoms with E-state index in [0.29, 0.717) is 0 Å². The minimum Gasteiger partial charge on any atom is -0.487 e. The summed E-state index contributed by atoms with van der Waals surface area (Å²) in [6, 6.07) is 1.50. The molecule has 70 valence electrons. The standard InChI is InChI=1S/C9H11FN2O/c10-8-7(4-5-12-9(8)11)13-6-2-1-3-6/h4-6H,1-3H2,(H2,11,12). The first kappa shape index (κ1) is 8.29. The fraction of sp³-hybridized carbons (Fsp3) is 0.444. The van der Waals surface area contributed by atoms with E-state index in [1.807, 2.05) is 0 Å². The lowest BCUT2D eigenvalue weighted by atomic mass is 9.96. The number of anilines is 1. The van der Waals surface area contributed by atoms with E-state index < -0.39 is 5.82 Å². The quantitative estimate of drug-likeness (QED) is 0.757. The molecule has 13 heavy (non-hydrogen) atoms. The molecule has 1 saturated carbocycles. The van der Waals surface area contributed by atoms with Gasteiger partial charge in [0.25, 0.3) is 0 Å². The summed E-state index contributed by atoms with van der Waals surface area (Å²) < 4.78 is 18.6. The molecular formula is C9H11FN2O. The summed E-state index contributed by atoms with van der Waals surface area (Å²) in [5.74, 6) is -0.427. The second kappa shape index (κ2) is 3.20. The Kier molecular flexibility index (Phi) is 2.04. The van der Waals surface area contributed by atoms with Gasteiger partial charge in [-0.15, -0.1) is 0 Å². The molecule has 0 radical (unpaired) electrons. The molecule has 1 fully saturated rings. The Morgan fingerprint density at radius 2 is 2.31 bits per heavy atom. The summed E-state index contributed by atoms with van der Waals surface area (Å²) in [6.07, 6.45) is 4.78. The fourth-order valence-corrected chi connectivity index (χ4v) is 1.20. The van der Waals surface area contributed by atoms with Crippen molar-refractivity contribution in [2.45, 2.75) is 25.4 Å². The van der Waals surface area contributed by atoms with Gasteiger partial charge in [0.1, 0.15) is 0 Å². The van der Waals surface area contributed by atoms with Crippen molar-refractivity contribution in [2.75, 3.05) is 5.73 Å². The van der Waals surface area contributed by atoms with Crippen molar-refractivity contribution >= 4 is 5.82 Å². The molecule has 3 nitrogen and oxygen atoms in total. The van der Waals surface area contributed by atoms with Gasteiger partial charge in [-0.1, -0.05) is 0 Å². The number of pyridine rings is 1. The number of aromatic nitrogens is 1. The van der Waals surface area contributed by atoms with Crippen molar-refractivity contribution in [1.29, 1.82) is 0 Å². The number of nitrogens with zero attached hydrogens (tertiary/aromatic N) is 1. The van der Waals surface area contributed by atoms with Gasteiger partial charge in [0.2, 0.25) is 5.82 Å². The number of nitrogens with two attached hydrogens (primary N) is 1. The zero-order chi connectivity index (χ0) is 9.26. The molecule has 0 saturated heterocycles. The van der Waals surface area contributed by atoms with Gasteiger partial charge in [-0.05, 0) is 19.3 Å². The third-order valence-corrected chi connectivity index (χ3v) is 2.23. The third kappa shape index (κ3) is 1.56. The highest BCUT2D eigenvalue weighted by Crippen LogP contribution is 2.27. The monoisotopic (exact) mass is 182 g/mol. The molecule has 0 aliphatic heterocycles. The van der Waals surface area contributed by atoms with E-state index in [1.165, 1.54) is 12.3 Å². The Balaban J connectivity index is 2.14. The highest BCUT2D eigenvalue weighted by Gasteiger charge is 2.21. The second-order valence-corrected chi connectivity index (χ2v) is 3.18. The molecule has 4 heteroatoms. The number of halogens is 1. The van der Waals surface area contributed by atoms with Gasteiger partial charge < -0.3 is 10.5 Å². The van der Waals surface area contributed by atoms with E-state index >= 15 is 0 Å². The summed E-state index contributed by atoms with van der Waals surface area (Å²) in [4.78, 5) is 3.61. The van der Waals surface area contributed by atoms with Crippen molar-refractivity contribution in [3.05, 3.63) is 18.1 Å². The summed E-state index contributed by atoms with van der Waals surface area (Å²) in [5.41, 5.74) is 5.29. The number of hydrogen-bond donors (Lipinski definition) is 1. The fourth-order valence-electron chi connectivity index (χ4n) is 1.20. The molecule has 0 unspecified atom stereocenters. The van der Waals surface area contributed by atoms with E-state index in [4.69, 9.17) is 10.5 Å². The lowest BCUT2D eigenvalue weighted by Gasteiger charge is -2.26. The number of ether oxygens (including phenoxy) is 1. The van der Waals surface area contributed by atoms with Gasteiger partial charge in [0.05, 0.1) is 6.10 Å². The Hall–Kier alpha value is -1.32. The highest BCUT2D eigenvalue weighted by atomic mass is 19.1. The van der Waals surface area contributed by atoms with Crippen molar-refractivity contribution in [2.24, 2.45) is 0 Å². The topological polar surface area (TPSA) is 48.1 Å². The Morgan fingerprint density at radius 1 is 1.54 bits per heavy atom. The molecule has 1 aromatic heterocycles. The van der Waals surface area contributed by atoms with Crippen LogP contribution in [0.3, 0.4) is 0 Å². The molecule has 1 aliphatic carbocycles. The van der Waals surface area contributed by atoms with E-state index in [-0.39, 0.29) is 17.7 Å². The van der Waals surface area contributed by atoms with Gasteiger partial charge in [0.15, 0.2) is 11.6 Å². The molecule has 0 amide bonds. The van der Waals surface area contributed by atoms with Crippen LogP contribution in [0.15, 0.2) is 12.3 Å². The largest absolute Gasteiger partial charge is 0.487 e. The van der Waals surface area contributed by atoms with Crippen LogP contribution in [-0.2, 0) is 0 Å². The van der Waals surface area contributed by atoms with Crippen LogP contribution >= 0.6 is 0 Å². The first-order valence-electron chi connectivity index (χ1n) is 4.34. The summed E-state index contributed by atoms with van der Waals surface area (Å²) in [7, 11) is 0. The zero-order valence-electron chi connectivity index (χ0n) is 7.16. The van der Waals surface area contributed by atoms with E-state index in [2.05, 4.69) is 4.98 Å². The van der Waals surface area contributed by atoms with Crippen molar-refractivity contribution in [3.63, 3.8) is 0 Å². The predicted octanol–water partition coefficient (Wildman–Crippen LogP) is 1.73. The average molecular weight is 182 g/mol.